The smallest absolute Gasteiger partial charge is 0.253 e. The van der Waals surface area contributed by atoms with E-state index in [0.29, 0.717) is 31.3 Å². The van der Waals surface area contributed by atoms with E-state index in [1.807, 2.05) is 42.5 Å². The summed E-state index contributed by atoms with van der Waals surface area (Å²) >= 11 is 0. The SMILES string of the molecule is CN=C(NCCc1cccc(C(=O)N(C)C)c1)Nc1ccc2c(c1)OCCCO2.I. The van der Waals surface area contributed by atoms with Gasteiger partial charge in [0.1, 0.15) is 0 Å². The number of amides is 1. The molecule has 0 aliphatic carbocycles. The number of carbonyl (C=O) groups is 1. The maximum Gasteiger partial charge on any atom is 0.253 e. The molecule has 0 spiro atoms. The van der Waals surface area contributed by atoms with Gasteiger partial charge in [0.2, 0.25) is 0 Å². The number of fused-ring (bicyclic) bond motifs is 1. The van der Waals surface area contributed by atoms with Crippen molar-refractivity contribution in [3.05, 3.63) is 53.6 Å². The van der Waals surface area contributed by atoms with Crippen molar-refractivity contribution in [2.45, 2.75) is 12.8 Å². The van der Waals surface area contributed by atoms with Gasteiger partial charge in [-0.25, -0.2) is 0 Å². The molecule has 1 heterocycles. The average molecular weight is 524 g/mol. The number of aliphatic imine (C=N–C) groups is 1. The molecule has 8 heteroatoms. The van der Waals surface area contributed by atoms with Crippen molar-refractivity contribution >= 4 is 41.5 Å². The van der Waals surface area contributed by atoms with Crippen LogP contribution in [0.15, 0.2) is 47.5 Å². The van der Waals surface area contributed by atoms with Gasteiger partial charge in [-0.2, -0.15) is 0 Å². The zero-order chi connectivity index (χ0) is 20.6. The lowest BCUT2D eigenvalue weighted by Crippen LogP contribution is -2.32. The topological polar surface area (TPSA) is 75.2 Å². The Morgan fingerprint density at radius 1 is 1.10 bits per heavy atom. The van der Waals surface area contributed by atoms with E-state index in [1.54, 1.807) is 26.0 Å². The second kappa shape index (κ2) is 11.6. The Balaban J connectivity index is 0.00000320. The first-order chi connectivity index (χ1) is 14.1. The van der Waals surface area contributed by atoms with Crippen molar-refractivity contribution in [1.82, 2.24) is 10.2 Å². The highest BCUT2D eigenvalue weighted by Gasteiger charge is 2.12. The molecule has 1 aliphatic rings. The van der Waals surface area contributed by atoms with Crippen molar-refractivity contribution in [3.63, 3.8) is 0 Å². The van der Waals surface area contributed by atoms with E-state index >= 15 is 0 Å². The summed E-state index contributed by atoms with van der Waals surface area (Å²) in [6, 6.07) is 13.5. The van der Waals surface area contributed by atoms with E-state index < -0.39 is 0 Å². The van der Waals surface area contributed by atoms with Gasteiger partial charge in [0.25, 0.3) is 5.91 Å². The zero-order valence-corrected chi connectivity index (χ0v) is 19.9. The van der Waals surface area contributed by atoms with Gasteiger partial charge in [-0.15, -0.1) is 24.0 Å². The fourth-order valence-electron chi connectivity index (χ4n) is 3.00. The summed E-state index contributed by atoms with van der Waals surface area (Å²) in [7, 11) is 5.24. The third-order valence-electron chi connectivity index (χ3n) is 4.52. The molecule has 0 bridgehead atoms. The normalized spacial score (nSPS) is 13.0. The van der Waals surface area contributed by atoms with Crippen LogP contribution in [-0.4, -0.2) is 57.7 Å². The van der Waals surface area contributed by atoms with Crippen molar-refractivity contribution in [1.29, 1.82) is 0 Å². The van der Waals surface area contributed by atoms with Gasteiger partial charge >= 0.3 is 0 Å². The Kier molecular flexibility index (Phi) is 9.22. The third-order valence-corrected chi connectivity index (χ3v) is 4.52. The molecule has 0 fully saturated rings. The molecule has 1 amide bonds. The van der Waals surface area contributed by atoms with Crippen molar-refractivity contribution in [3.8, 4) is 11.5 Å². The molecule has 0 unspecified atom stereocenters. The molecule has 7 nitrogen and oxygen atoms in total. The van der Waals surface area contributed by atoms with Crippen LogP contribution in [0.4, 0.5) is 5.69 Å². The molecule has 0 saturated carbocycles. The van der Waals surface area contributed by atoms with Crippen molar-refractivity contribution in [2.24, 2.45) is 4.99 Å². The van der Waals surface area contributed by atoms with Crippen molar-refractivity contribution < 1.29 is 14.3 Å². The molecule has 30 heavy (non-hydrogen) atoms. The van der Waals surface area contributed by atoms with Gasteiger partial charge in [0, 0.05) is 51.4 Å². The van der Waals surface area contributed by atoms with Gasteiger partial charge in [0.15, 0.2) is 17.5 Å². The number of benzene rings is 2. The van der Waals surface area contributed by atoms with Crippen LogP contribution in [-0.2, 0) is 6.42 Å². The van der Waals surface area contributed by atoms with Crippen LogP contribution in [0.2, 0.25) is 0 Å². The summed E-state index contributed by atoms with van der Waals surface area (Å²) in [6.07, 6.45) is 1.65. The number of anilines is 1. The molecule has 0 aromatic heterocycles. The highest BCUT2D eigenvalue weighted by atomic mass is 127. The Morgan fingerprint density at radius 3 is 2.60 bits per heavy atom. The molecule has 3 rings (SSSR count). The Labute approximate surface area is 194 Å². The summed E-state index contributed by atoms with van der Waals surface area (Å²) in [6.45, 7) is 2.01. The fourth-order valence-corrected chi connectivity index (χ4v) is 3.00. The number of hydrogen-bond acceptors (Lipinski definition) is 4. The number of nitrogens with zero attached hydrogens (tertiary/aromatic N) is 2. The molecular formula is C22H29IN4O3. The van der Waals surface area contributed by atoms with Crippen LogP contribution in [0.1, 0.15) is 22.3 Å². The number of ether oxygens (including phenoxy) is 2. The Hall–Kier alpha value is -2.49. The highest BCUT2D eigenvalue weighted by molar-refractivity contribution is 14.0. The molecule has 2 aromatic carbocycles. The first-order valence-electron chi connectivity index (χ1n) is 9.75. The predicted octanol–water partition coefficient (Wildman–Crippen LogP) is 3.40. The van der Waals surface area contributed by atoms with Gasteiger partial charge in [-0.3, -0.25) is 9.79 Å². The minimum atomic E-state index is 0. The minimum Gasteiger partial charge on any atom is -0.490 e. The van der Waals surface area contributed by atoms with E-state index in [1.165, 1.54) is 0 Å². The van der Waals surface area contributed by atoms with Gasteiger partial charge < -0.3 is 25.0 Å². The standard InChI is InChI=1S/C22H28N4O3.HI/c1-23-22(25-18-8-9-19-20(15-18)29-13-5-12-28-19)24-11-10-16-6-4-7-17(14-16)21(27)26(2)3;/h4,6-9,14-15H,5,10-13H2,1-3H3,(H2,23,24,25);1H. The summed E-state index contributed by atoms with van der Waals surface area (Å²) in [5.41, 5.74) is 2.67. The van der Waals surface area contributed by atoms with Crippen LogP contribution in [0.5, 0.6) is 11.5 Å². The maximum absolute atomic E-state index is 12.1. The second-order valence-corrected chi connectivity index (χ2v) is 6.99. The molecular weight excluding hydrogens is 495 g/mol. The number of nitrogens with one attached hydrogen (secondary N) is 2. The lowest BCUT2D eigenvalue weighted by Gasteiger charge is -2.14. The van der Waals surface area contributed by atoms with Gasteiger partial charge in [-0.05, 0) is 36.2 Å². The lowest BCUT2D eigenvalue weighted by molar-refractivity contribution is 0.0827. The molecule has 0 saturated heterocycles. The van der Waals surface area contributed by atoms with E-state index in [-0.39, 0.29) is 29.9 Å². The molecule has 2 aromatic rings. The van der Waals surface area contributed by atoms with Crippen LogP contribution in [0.25, 0.3) is 0 Å². The average Bonchev–Trinajstić information content (AvgIpc) is 2.97. The molecule has 1 aliphatic heterocycles. The van der Waals surface area contributed by atoms with E-state index in [4.69, 9.17) is 9.47 Å². The Morgan fingerprint density at radius 2 is 1.87 bits per heavy atom. The largest absolute Gasteiger partial charge is 0.490 e. The van der Waals surface area contributed by atoms with Gasteiger partial charge in [0.05, 0.1) is 13.2 Å². The first-order valence-corrected chi connectivity index (χ1v) is 9.75. The number of halogens is 1. The number of rotatable bonds is 5. The summed E-state index contributed by atoms with van der Waals surface area (Å²) in [5.74, 6) is 2.18. The second-order valence-electron chi connectivity index (χ2n) is 6.99. The third kappa shape index (κ3) is 6.51. The predicted molar refractivity (Wildman–Crippen MR) is 131 cm³/mol. The van der Waals surface area contributed by atoms with Crippen LogP contribution < -0.4 is 20.1 Å². The van der Waals surface area contributed by atoms with Crippen LogP contribution in [0.3, 0.4) is 0 Å². The minimum absolute atomic E-state index is 0. The highest BCUT2D eigenvalue weighted by Crippen LogP contribution is 2.32. The summed E-state index contributed by atoms with van der Waals surface area (Å²) < 4.78 is 11.4. The molecule has 0 atom stereocenters. The van der Waals surface area contributed by atoms with Crippen molar-refractivity contribution in [2.75, 3.05) is 46.2 Å². The van der Waals surface area contributed by atoms with Crippen LogP contribution >= 0.6 is 24.0 Å². The van der Waals surface area contributed by atoms with Gasteiger partial charge in [-0.1, -0.05) is 12.1 Å². The molecule has 162 valence electrons. The molecule has 2 N–H and O–H groups in total. The first kappa shape index (κ1) is 23.8. The van der Waals surface area contributed by atoms with E-state index in [2.05, 4.69) is 15.6 Å². The summed E-state index contributed by atoms with van der Waals surface area (Å²) in [4.78, 5) is 18.0. The Bertz CT molecular complexity index is 886. The molecule has 0 radical (unpaired) electrons. The quantitative estimate of drug-likeness (QED) is 0.357. The monoisotopic (exact) mass is 524 g/mol. The lowest BCUT2D eigenvalue weighted by atomic mass is 10.1. The van der Waals surface area contributed by atoms with Crippen LogP contribution in [0, 0.1) is 0 Å². The fraction of sp³-hybridized carbons (Fsp3) is 0.364. The zero-order valence-electron chi connectivity index (χ0n) is 17.6. The summed E-state index contributed by atoms with van der Waals surface area (Å²) in [5, 5.41) is 6.57. The maximum atomic E-state index is 12.1. The number of guanidine groups is 1. The number of hydrogen-bond donors (Lipinski definition) is 2. The number of carbonyl (C=O) groups excluding carboxylic acids is 1. The van der Waals surface area contributed by atoms with E-state index in [9.17, 15) is 4.79 Å². The van der Waals surface area contributed by atoms with E-state index in [0.717, 1.165) is 35.6 Å².